The minimum atomic E-state index is -1.94. The molecule has 2 heterocycles. The van der Waals surface area contributed by atoms with Crippen LogP contribution in [0.15, 0.2) is 11.6 Å². The summed E-state index contributed by atoms with van der Waals surface area (Å²) in [6.07, 6.45) is -0.246. The summed E-state index contributed by atoms with van der Waals surface area (Å²) < 4.78 is 29.5. The lowest BCUT2D eigenvalue weighted by molar-refractivity contribution is -0.242. The zero-order valence-corrected chi connectivity index (χ0v) is 22.4. The van der Waals surface area contributed by atoms with Gasteiger partial charge in [0.1, 0.15) is 18.3 Å². The van der Waals surface area contributed by atoms with E-state index in [0.717, 1.165) is 5.57 Å². The molecular formula is C27H38O10. The van der Waals surface area contributed by atoms with Crippen LogP contribution in [0.2, 0.25) is 0 Å². The average Bonchev–Trinajstić information content (AvgIpc) is 3.55. The number of epoxide rings is 1. The number of rotatable bonds is 4. The quantitative estimate of drug-likeness (QED) is 0.253. The van der Waals surface area contributed by atoms with Gasteiger partial charge in [-0.25, -0.2) is 0 Å². The van der Waals surface area contributed by atoms with Crippen molar-refractivity contribution in [3.05, 3.63) is 11.6 Å². The van der Waals surface area contributed by atoms with Crippen LogP contribution in [-0.4, -0.2) is 71.2 Å². The summed E-state index contributed by atoms with van der Waals surface area (Å²) in [6, 6.07) is 0. The maximum Gasteiger partial charge on any atom is 0.312 e. The molecule has 10 heteroatoms. The Morgan fingerprint density at radius 1 is 1.11 bits per heavy atom. The number of carbonyl (C=O) groups is 4. The van der Waals surface area contributed by atoms with Crippen molar-refractivity contribution in [3.8, 4) is 0 Å². The number of ether oxygens (including phenoxy) is 5. The van der Waals surface area contributed by atoms with Gasteiger partial charge < -0.3 is 28.8 Å². The van der Waals surface area contributed by atoms with Gasteiger partial charge in [-0.05, 0) is 45.6 Å². The zero-order chi connectivity index (χ0) is 27.3. The molecule has 10 nitrogen and oxygen atoms in total. The number of fused-ring (bicyclic) bond motifs is 3. The highest BCUT2D eigenvalue weighted by Crippen LogP contribution is 2.62. The van der Waals surface area contributed by atoms with E-state index in [0.29, 0.717) is 32.3 Å². The van der Waals surface area contributed by atoms with Crippen LogP contribution < -0.4 is 0 Å². The molecule has 0 radical (unpaired) electrons. The largest absolute Gasteiger partial charge is 0.462 e. The van der Waals surface area contributed by atoms with E-state index in [9.17, 15) is 24.3 Å². The monoisotopic (exact) mass is 522 g/mol. The topological polar surface area (TPSA) is 138 Å². The van der Waals surface area contributed by atoms with Crippen LogP contribution in [-0.2, 0) is 42.9 Å². The van der Waals surface area contributed by atoms with Crippen molar-refractivity contribution in [2.45, 2.75) is 109 Å². The predicted octanol–water partition coefficient (Wildman–Crippen LogP) is 2.39. The molecule has 2 aliphatic heterocycles. The lowest BCUT2D eigenvalue weighted by atomic mass is 9.52. The Kier molecular flexibility index (Phi) is 7.22. The van der Waals surface area contributed by atoms with Crippen LogP contribution in [0.5, 0.6) is 0 Å². The van der Waals surface area contributed by atoms with Gasteiger partial charge in [-0.15, -0.1) is 0 Å². The second-order valence-corrected chi connectivity index (χ2v) is 11.2. The first-order chi connectivity index (χ1) is 17.3. The number of hydrogen-bond donors (Lipinski definition) is 1. The SMILES string of the molecule is CCC(=O)OC1CCC(C)=CC2OC(=O)C(C)C2(O)C(OC(C)=O)C2C3(CCC(OC(C)=O)C12C)CO3. The highest BCUT2D eigenvalue weighted by molar-refractivity contribution is 5.77. The Labute approximate surface area is 217 Å². The third kappa shape index (κ3) is 4.56. The summed E-state index contributed by atoms with van der Waals surface area (Å²) >= 11 is 0. The van der Waals surface area contributed by atoms with E-state index in [-0.39, 0.29) is 6.42 Å². The van der Waals surface area contributed by atoms with E-state index in [1.807, 2.05) is 13.8 Å². The lowest BCUT2D eigenvalue weighted by Crippen LogP contribution is -2.69. The minimum Gasteiger partial charge on any atom is -0.462 e. The highest BCUT2D eigenvalue weighted by atomic mass is 16.6. The van der Waals surface area contributed by atoms with Gasteiger partial charge in [-0.1, -0.05) is 19.4 Å². The van der Waals surface area contributed by atoms with Gasteiger partial charge >= 0.3 is 23.9 Å². The van der Waals surface area contributed by atoms with Crippen LogP contribution in [0.3, 0.4) is 0 Å². The third-order valence-corrected chi connectivity index (χ3v) is 8.87. The number of aliphatic hydroxyl groups is 1. The van der Waals surface area contributed by atoms with Crippen molar-refractivity contribution in [2.24, 2.45) is 17.3 Å². The molecule has 9 unspecified atom stereocenters. The van der Waals surface area contributed by atoms with E-state index in [1.165, 1.54) is 13.8 Å². The highest BCUT2D eigenvalue weighted by Gasteiger charge is 2.74. The number of carbonyl (C=O) groups excluding carboxylic acids is 4. The van der Waals surface area contributed by atoms with Crippen LogP contribution in [0, 0.1) is 17.3 Å². The summed E-state index contributed by atoms with van der Waals surface area (Å²) in [7, 11) is 0. The summed E-state index contributed by atoms with van der Waals surface area (Å²) in [4.78, 5) is 50.3. The normalized spacial score (nSPS) is 43.0. The molecule has 37 heavy (non-hydrogen) atoms. The smallest absolute Gasteiger partial charge is 0.312 e. The van der Waals surface area contributed by atoms with Crippen LogP contribution in [0.1, 0.15) is 73.6 Å². The Hall–Kier alpha value is -2.46. The van der Waals surface area contributed by atoms with E-state index < -0.39 is 76.7 Å². The molecular weight excluding hydrogens is 484 g/mol. The molecule has 1 saturated carbocycles. The van der Waals surface area contributed by atoms with Gasteiger partial charge in [0.15, 0.2) is 11.7 Å². The fraction of sp³-hybridized carbons (Fsp3) is 0.778. The maximum absolute atomic E-state index is 12.8. The summed E-state index contributed by atoms with van der Waals surface area (Å²) in [5.74, 6) is -4.00. The molecule has 4 aliphatic rings. The van der Waals surface area contributed by atoms with Crippen LogP contribution in [0.25, 0.3) is 0 Å². The van der Waals surface area contributed by atoms with Crippen molar-refractivity contribution in [1.82, 2.24) is 0 Å². The van der Waals surface area contributed by atoms with Gasteiger partial charge in [0.05, 0.1) is 23.5 Å². The lowest BCUT2D eigenvalue weighted by Gasteiger charge is -2.56. The van der Waals surface area contributed by atoms with E-state index >= 15 is 0 Å². The third-order valence-electron chi connectivity index (χ3n) is 8.87. The number of esters is 4. The van der Waals surface area contributed by atoms with Crippen molar-refractivity contribution >= 4 is 23.9 Å². The molecule has 4 rings (SSSR count). The van der Waals surface area contributed by atoms with Gasteiger partial charge in [0.25, 0.3) is 0 Å². The van der Waals surface area contributed by atoms with Gasteiger partial charge in [0.2, 0.25) is 0 Å². The fourth-order valence-corrected chi connectivity index (χ4v) is 6.80. The molecule has 0 aromatic heterocycles. The summed E-state index contributed by atoms with van der Waals surface area (Å²) in [6.45, 7) is 9.81. The van der Waals surface area contributed by atoms with Crippen molar-refractivity contribution in [3.63, 3.8) is 0 Å². The Balaban J connectivity index is 1.99. The van der Waals surface area contributed by atoms with Gasteiger partial charge in [-0.2, -0.15) is 0 Å². The van der Waals surface area contributed by atoms with Crippen LogP contribution in [0.4, 0.5) is 0 Å². The molecule has 3 fully saturated rings. The predicted molar refractivity (Wildman–Crippen MR) is 128 cm³/mol. The zero-order valence-electron chi connectivity index (χ0n) is 22.4. The Morgan fingerprint density at radius 3 is 2.30 bits per heavy atom. The Morgan fingerprint density at radius 2 is 1.73 bits per heavy atom. The fourth-order valence-electron chi connectivity index (χ4n) is 6.80. The average molecular weight is 523 g/mol. The Bertz CT molecular complexity index is 999. The molecule has 0 aromatic carbocycles. The molecule has 1 N–H and O–H groups in total. The van der Waals surface area contributed by atoms with Gasteiger partial charge in [0, 0.05) is 26.2 Å². The summed E-state index contributed by atoms with van der Waals surface area (Å²) in [5.41, 5.74) is -3.09. The van der Waals surface area contributed by atoms with E-state index in [4.69, 9.17) is 23.7 Å². The molecule has 2 aliphatic carbocycles. The van der Waals surface area contributed by atoms with Crippen LogP contribution >= 0.6 is 0 Å². The second kappa shape index (κ2) is 9.69. The molecule has 0 amide bonds. The standard InChI is InChI=1S/C27H38O10/c1-7-21(30)36-18-9-8-14(2)12-20-27(32,15(3)24(31)37-20)23(35-17(5)29)22-25(18,6)19(34-16(4)28)10-11-26(22)13-33-26/h12,15,18-20,22-23,32H,7-11,13H2,1-6H3. The molecule has 0 aromatic rings. The molecule has 9 atom stereocenters. The van der Waals surface area contributed by atoms with Crippen molar-refractivity contribution in [1.29, 1.82) is 0 Å². The first-order valence-electron chi connectivity index (χ1n) is 13.1. The summed E-state index contributed by atoms with van der Waals surface area (Å²) in [5, 5.41) is 12.4. The van der Waals surface area contributed by atoms with Crippen molar-refractivity contribution < 1.29 is 48.0 Å². The van der Waals surface area contributed by atoms with E-state index in [2.05, 4.69) is 0 Å². The second-order valence-electron chi connectivity index (χ2n) is 11.2. The first-order valence-corrected chi connectivity index (χ1v) is 13.1. The molecule has 1 spiro atoms. The molecule has 206 valence electrons. The van der Waals surface area contributed by atoms with E-state index in [1.54, 1.807) is 19.9 Å². The number of allylic oxidation sites excluding steroid dienone is 1. The van der Waals surface area contributed by atoms with Gasteiger partial charge in [-0.3, -0.25) is 19.2 Å². The molecule has 2 saturated heterocycles. The van der Waals surface area contributed by atoms with Crippen molar-refractivity contribution in [2.75, 3.05) is 6.61 Å². The minimum absolute atomic E-state index is 0.144. The maximum atomic E-state index is 12.8. The number of hydrogen-bond acceptors (Lipinski definition) is 10. The first kappa shape index (κ1) is 27.6. The molecule has 0 bridgehead atoms.